The molecule has 1 saturated heterocycles. The van der Waals surface area contributed by atoms with Crippen LogP contribution < -0.4 is 10.7 Å². The van der Waals surface area contributed by atoms with Crippen LogP contribution in [0.1, 0.15) is 31.2 Å². The number of benzene rings is 2. The van der Waals surface area contributed by atoms with E-state index < -0.39 is 15.8 Å². The third-order valence-corrected chi connectivity index (χ3v) is 8.20. The largest absolute Gasteiger partial charge is 0.419 e. The molecule has 0 atom stereocenters. The predicted molar refractivity (Wildman–Crippen MR) is 120 cm³/mol. The molecular formula is C23H25N3O5S. The SMILES string of the molecule is O=C(CCn1c(=O)oc2cc(S(=O)(=O)N3CCCC3)ccc21)N1CCCc2ccccc21. The lowest BCUT2D eigenvalue weighted by Gasteiger charge is -2.29. The molecule has 32 heavy (non-hydrogen) atoms. The maximum Gasteiger partial charge on any atom is 0.419 e. The number of oxazole rings is 1. The fourth-order valence-corrected chi connectivity index (χ4v) is 6.16. The van der Waals surface area contributed by atoms with Crippen LogP contribution in [-0.2, 0) is 27.8 Å². The van der Waals surface area contributed by atoms with Gasteiger partial charge in [0.15, 0.2) is 5.58 Å². The summed E-state index contributed by atoms with van der Waals surface area (Å²) < 4.78 is 33.8. The second-order valence-electron chi connectivity index (χ2n) is 8.29. The number of amides is 1. The van der Waals surface area contributed by atoms with Crippen molar-refractivity contribution in [2.24, 2.45) is 0 Å². The smallest absolute Gasteiger partial charge is 0.408 e. The first kappa shape index (κ1) is 21.0. The number of carbonyl (C=O) groups is 1. The second kappa shape index (κ2) is 8.22. The van der Waals surface area contributed by atoms with Gasteiger partial charge in [-0.2, -0.15) is 4.31 Å². The molecule has 2 aliphatic heterocycles. The lowest BCUT2D eigenvalue weighted by Crippen LogP contribution is -2.36. The lowest BCUT2D eigenvalue weighted by molar-refractivity contribution is -0.118. The normalized spacial score (nSPS) is 17.1. The zero-order chi connectivity index (χ0) is 22.3. The summed E-state index contributed by atoms with van der Waals surface area (Å²) in [6, 6.07) is 12.4. The molecule has 0 radical (unpaired) electrons. The average Bonchev–Trinajstić information content (AvgIpc) is 3.45. The van der Waals surface area contributed by atoms with E-state index in [1.54, 1.807) is 11.0 Å². The van der Waals surface area contributed by atoms with Crippen LogP contribution in [0.5, 0.6) is 0 Å². The van der Waals surface area contributed by atoms with E-state index >= 15 is 0 Å². The molecule has 3 aromatic rings. The molecular weight excluding hydrogens is 430 g/mol. The zero-order valence-corrected chi connectivity index (χ0v) is 18.5. The Kier molecular flexibility index (Phi) is 5.38. The topological polar surface area (TPSA) is 92.8 Å². The number of hydrogen-bond donors (Lipinski definition) is 0. The standard InChI is InChI=1S/C23H25N3O5S/c27-22(25-14-5-7-17-6-1-2-8-19(17)25)11-15-26-20-10-9-18(16-21(20)31-23(26)28)32(29,30)24-12-3-4-13-24/h1-2,6,8-10,16H,3-5,7,11-15H2. The van der Waals surface area contributed by atoms with Gasteiger partial charge in [-0.25, -0.2) is 13.2 Å². The first-order chi connectivity index (χ1) is 15.4. The molecule has 1 fully saturated rings. The van der Waals surface area contributed by atoms with E-state index in [0.717, 1.165) is 36.9 Å². The highest BCUT2D eigenvalue weighted by Gasteiger charge is 2.28. The zero-order valence-electron chi connectivity index (χ0n) is 17.7. The van der Waals surface area contributed by atoms with E-state index in [4.69, 9.17) is 4.42 Å². The molecule has 2 aromatic carbocycles. The van der Waals surface area contributed by atoms with Crippen molar-refractivity contribution in [1.29, 1.82) is 0 Å². The van der Waals surface area contributed by atoms with Gasteiger partial charge in [0.2, 0.25) is 15.9 Å². The van der Waals surface area contributed by atoms with Crippen molar-refractivity contribution >= 4 is 32.7 Å². The Balaban J connectivity index is 1.37. The molecule has 2 aliphatic rings. The van der Waals surface area contributed by atoms with Gasteiger partial charge >= 0.3 is 5.76 Å². The van der Waals surface area contributed by atoms with Crippen LogP contribution >= 0.6 is 0 Å². The number of para-hydroxylation sites is 1. The van der Waals surface area contributed by atoms with Gasteiger partial charge in [-0.1, -0.05) is 18.2 Å². The molecule has 0 N–H and O–H groups in total. The van der Waals surface area contributed by atoms with Crippen LogP contribution in [0.25, 0.3) is 11.1 Å². The van der Waals surface area contributed by atoms with E-state index in [-0.39, 0.29) is 29.4 Å². The first-order valence-electron chi connectivity index (χ1n) is 11.0. The van der Waals surface area contributed by atoms with Gasteiger partial charge in [-0.15, -0.1) is 0 Å². The van der Waals surface area contributed by atoms with Crippen LogP contribution in [0.15, 0.2) is 56.6 Å². The number of nitrogens with zero attached hydrogens (tertiary/aromatic N) is 3. The number of carbonyl (C=O) groups excluding carboxylic acids is 1. The Bertz CT molecular complexity index is 1340. The molecule has 1 amide bonds. The maximum atomic E-state index is 12.9. The van der Waals surface area contributed by atoms with Crippen molar-refractivity contribution in [3.05, 3.63) is 58.6 Å². The van der Waals surface area contributed by atoms with Gasteiger partial charge in [0.25, 0.3) is 0 Å². The Morgan fingerprint density at radius 2 is 1.78 bits per heavy atom. The summed E-state index contributed by atoms with van der Waals surface area (Å²) in [6.07, 6.45) is 3.71. The fraction of sp³-hybridized carbons (Fsp3) is 0.391. The summed E-state index contributed by atoms with van der Waals surface area (Å²) in [6.45, 7) is 1.84. The van der Waals surface area contributed by atoms with Crippen molar-refractivity contribution in [3.8, 4) is 0 Å². The van der Waals surface area contributed by atoms with Crippen molar-refractivity contribution in [2.45, 2.75) is 43.5 Å². The molecule has 3 heterocycles. The lowest BCUT2D eigenvalue weighted by atomic mass is 10.0. The quantitative estimate of drug-likeness (QED) is 0.590. The summed E-state index contributed by atoms with van der Waals surface area (Å²) in [5.41, 5.74) is 2.79. The van der Waals surface area contributed by atoms with Crippen molar-refractivity contribution in [1.82, 2.24) is 8.87 Å². The highest BCUT2D eigenvalue weighted by Crippen LogP contribution is 2.28. The third kappa shape index (κ3) is 3.65. The minimum Gasteiger partial charge on any atom is -0.408 e. The number of anilines is 1. The molecule has 0 saturated carbocycles. The molecule has 0 bridgehead atoms. The van der Waals surface area contributed by atoms with Crippen molar-refractivity contribution in [3.63, 3.8) is 0 Å². The molecule has 0 unspecified atom stereocenters. The van der Waals surface area contributed by atoms with Crippen LogP contribution in [0.4, 0.5) is 5.69 Å². The van der Waals surface area contributed by atoms with E-state index in [1.807, 2.05) is 24.3 Å². The third-order valence-electron chi connectivity index (χ3n) is 6.30. The van der Waals surface area contributed by atoms with Crippen LogP contribution in [-0.4, -0.2) is 42.8 Å². The van der Waals surface area contributed by atoms with E-state index in [2.05, 4.69) is 0 Å². The molecule has 5 rings (SSSR count). The van der Waals surface area contributed by atoms with Gasteiger partial charge < -0.3 is 9.32 Å². The van der Waals surface area contributed by atoms with Gasteiger partial charge in [0.05, 0.1) is 10.4 Å². The molecule has 168 valence electrons. The predicted octanol–water partition coefficient (Wildman–Crippen LogP) is 2.75. The average molecular weight is 456 g/mol. The van der Waals surface area contributed by atoms with Gasteiger partial charge in [0, 0.05) is 44.4 Å². The number of fused-ring (bicyclic) bond motifs is 2. The summed E-state index contributed by atoms with van der Waals surface area (Å²) in [5, 5.41) is 0. The highest BCUT2D eigenvalue weighted by molar-refractivity contribution is 7.89. The number of rotatable bonds is 5. The van der Waals surface area contributed by atoms with Crippen LogP contribution in [0.3, 0.4) is 0 Å². The van der Waals surface area contributed by atoms with Crippen LogP contribution in [0, 0.1) is 0 Å². The molecule has 1 aromatic heterocycles. The molecule has 0 spiro atoms. The Labute approximate surface area is 186 Å². The summed E-state index contributed by atoms with van der Waals surface area (Å²) in [5.74, 6) is -0.644. The number of aryl methyl sites for hydroxylation is 2. The van der Waals surface area contributed by atoms with Crippen molar-refractivity contribution in [2.75, 3.05) is 24.5 Å². The maximum absolute atomic E-state index is 12.9. The van der Waals surface area contributed by atoms with Gasteiger partial charge in [-0.3, -0.25) is 9.36 Å². The molecule has 8 nitrogen and oxygen atoms in total. The minimum absolute atomic E-state index is 0.0494. The highest BCUT2D eigenvalue weighted by atomic mass is 32.2. The summed E-state index contributed by atoms with van der Waals surface area (Å²) in [7, 11) is -3.60. The first-order valence-corrected chi connectivity index (χ1v) is 12.4. The van der Waals surface area contributed by atoms with E-state index in [0.29, 0.717) is 25.2 Å². The summed E-state index contributed by atoms with van der Waals surface area (Å²) >= 11 is 0. The van der Waals surface area contributed by atoms with Crippen LogP contribution in [0.2, 0.25) is 0 Å². The number of sulfonamides is 1. The number of aromatic nitrogens is 1. The van der Waals surface area contributed by atoms with E-state index in [1.165, 1.54) is 21.0 Å². The molecule has 9 heteroatoms. The summed E-state index contributed by atoms with van der Waals surface area (Å²) in [4.78, 5) is 27.3. The monoisotopic (exact) mass is 455 g/mol. The van der Waals surface area contributed by atoms with E-state index in [9.17, 15) is 18.0 Å². The minimum atomic E-state index is -3.60. The fourth-order valence-electron chi connectivity index (χ4n) is 4.63. The Morgan fingerprint density at radius 3 is 2.59 bits per heavy atom. The van der Waals surface area contributed by atoms with Gasteiger partial charge in [-0.05, 0) is 49.4 Å². The Hall–Kier alpha value is -2.91. The Morgan fingerprint density at radius 1 is 1.00 bits per heavy atom. The molecule has 0 aliphatic carbocycles. The number of hydrogen-bond acceptors (Lipinski definition) is 5. The van der Waals surface area contributed by atoms with Crippen molar-refractivity contribution < 1.29 is 17.6 Å². The van der Waals surface area contributed by atoms with Gasteiger partial charge in [0.1, 0.15) is 0 Å². The second-order valence-corrected chi connectivity index (χ2v) is 10.2.